The van der Waals surface area contributed by atoms with E-state index < -0.39 is 0 Å². The maximum atomic E-state index is 13.2. The molecule has 5 nitrogen and oxygen atoms in total. The number of amides is 1. The fourth-order valence-corrected chi connectivity index (χ4v) is 3.55. The van der Waals surface area contributed by atoms with E-state index in [9.17, 15) is 4.79 Å². The molecule has 0 saturated heterocycles. The Morgan fingerprint density at radius 1 is 1.04 bits per heavy atom. The monoisotopic (exact) mass is 341 g/mol. The number of hydrogen-bond acceptors (Lipinski definition) is 4. The van der Waals surface area contributed by atoms with Crippen LogP contribution in [0.25, 0.3) is 22.1 Å². The molecule has 0 saturated carbocycles. The van der Waals surface area contributed by atoms with Crippen molar-refractivity contribution in [2.75, 3.05) is 11.4 Å². The van der Waals surface area contributed by atoms with Crippen molar-refractivity contribution < 1.29 is 9.32 Å². The number of pyridine rings is 1. The average molecular weight is 341 g/mol. The van der Waals surface area contributed by atoms with Crippen molar-refractivity contribution in [2.45, 2.75) is 6.42 Å². The van der Waals surface area contributed by atoms with Gasteiger partial charge in [-0.1, -0.05) is 29.4 Å². The fraction of sp³-hybridized carbons (Fsp3) is 0.0952. The van der Waals surface area contributed by atoms with Crippen LogP contribution in [-0.4, -0.2) is 22.6 Å². The van der Waals surface area contributed by atoms with Crippen LogP contribution >= 0.6 is 0 Å². The predicted molar refractivity (Wildman–Crippen MR) is 99.1 cm³/mol. The van der Waals surface area contributed by atoms with E-state index >= 15 is 0 Å². The average Bonchev–Trinajstić information content (AvgIpc) is 3.36. The second kappa shape index (κ2) is 5.81. The molecule has 0 unspecified atom stereocenters. The Labute approximate surface area is 149 Å². The van der Waals surface area contributed by atoms with Gasteiger partial charge in [-0.15, -0.1) is 0 Å². The first-order valence-corrected chi connectivity index (χ1v) is 8.51. The summed E-state index contributed by atoms with van der Waals surface area (Å²) < 4.78 is 5.23. The Kier molecular flexibility index (Phi) is 3.31. The SMILES string of the molecule is O=C(c1nccc2ccccc12)N1CCc2cc(-c3ccno3)ccc21. The molecule has 0 aliphatic carbocycles. The van der Waals surface area contributed by atoms with Crippen LogP contribution in [0, 0.1) is 0 Å². The van der Waals surface area contributed by atoms with Gasteiger partial charge in [0, 0.05) is 35.4 Å². The van der Waals surface area contributed by atoms with Crippen LogP contribution in [0.15, 0.2) is 71.5 Å². The Morgan fingerprint density at radius 3 is 2.85 bits per heavy atom. The molecule has 0 bridgehead atoms. The molecule has 5 rings (SSSR count). The molecule has 1 aliphatic heterocycles. The van der Waals surface area contributed by atoms with Crippen LogP contribution in [0.5, 0.6) is 0 Å². The van der Waals surface area contributed by atoms with Crippen molar-refractivity contribution in [1.82, 2.24) is 10.1 Å². The molecule has 126 valence electrons. The van der Waals surface area contributed by atoms with Crippen LogP contribution in [0.3, 0.4) is 0 Å². The quantitative estimate of drug-likeness (QED) is 0.551. The van der Waals surface area contributed by atoms with E-state index in [1.54, 1.807) is 12.4 Å². The minimum Gasteiger partial charge on any atom is -0.356 e. The highest BCUT2D eigenvalue weighted by atomic mass is 16.5. The van der Waals surface area contributed by atoms with Gasteiger partial charge in [0.2, 0.25) is 0 Å². The van der Waals surface area contributed by atoms with Crippen molar-refractivity contribution in [3.8, 4) is 11.3 Å². The fourth-order valence-electron chi connectivity index (χ4n) is 3.55. The summed E-state index contributed by atoms with van der Waals surface area (Å²) in [5.74, 6) is 0.668. The third-order valence-electron chi connectivity index (χ3n) is 4.82. The topological polar surface area (TPSA) is 59.2 Å². The lowest BCUT2D eigenvalue weighted by molar-refractivity contribution is 0.0986. The molecule has 26 heavy (non-hydrogen) atoms. The van der Waals surface area contributed by atoms with Gasteiger partial charge in [-0.2, -0.15) is 0 Å². The van der Waals surface area contributed by atoms with Crippen LogP contribution < -0.4 is 4.90 Å². The smallest absolute Gasteiger partial charge is 0.277 e. The third-order valence-corrected chi connectivity index (χ3v) is 4.82. The van der Waals surface area contributed by atoms with Crippen LogP contribution in [0.2, 0.25) is 0 Å². The highest BCUT2D eigenvalue weighted by Crippen LogP contribution is 2.33. The van der Waals surface area contributed by atoms with E-state index in [-0.39, 0.29) is 5.91 Å². The van der Waals surface area contributed by atoms with Gasteiger partial charge < -0.3 is 9.42 Å². The predicted octanol–water partition coefficient (Wildman–Crippen LogP) is 4.09. The first-order valence-electron chi connectivity index (χ1n) is 8.51. The summed E-state index contributed by atoms with van der Waals surface area (Å²) >= 11 is 0. The summed E-state index contributed by atoms with van der Waals surface area (Å²) in [4.78, 5) is 19.4. The van der Waals surface area contributed by atoms with Gasteiger partial charge in [0.1, 0.15) is 5.69 Å². The van der Waals surface area contributed by atoms with Crippen molar-refractivity contribution in [1.29, 1.82) is 0 Å². The standard InChI is InChI=1S/C21H15N3O2/c25-21(20-17-4-2-1-3-14(17)7-10-22-20)24-12-9-15-13-16(5-6-18(15)24)19-8-11-23-26-19/h1-8,10-11,13H,9,12H2. The van der Waals surface area contributed by atoms with Crippen molar-refractivity contribution in [3.05, 3.63) is 78.2 Å². The van der Waals surface area contributed by atoms with Gasteiger partial charge >= 0.3 is 0 Å². The number of fused-ring (bicyclic) bond motifs is 2. The van der Waals surface area contributed by atoms with Crippen LogP contribution in [0.4, 0.5) is 5.69 Å². The molecule has 2 aromatic carbocycles. The van der Waals surface area contributed by atoms with E-state index in [1.165, 1.54) is 0 Å². The Balaban J connectivity index is 1.54. The molecule has 2 aromatic heterocycles. The van der Waals surface area contributed by atoms with E-state index in [2.05, 4.69) is 16.2 Å². The summed E-state index contributed by atoms with van der Waals surface area (Å²) in [7, 11) is 0. The third kappa shape index (κ3) is 2.29. The highest BCUT2D eigenvalue weighted by molar-refractivity contribution is 6.13. The lowest BCUT2D eigenvalue weighted by atomic mass is 10.1. The minimum absolute atomic E-state index is 0.0621. The number of carbonyl (C=O) groups excluding carboxylic acids is 1. The number of anilines is 1. The molecule has 3 heterocycles. The number of benzene rings is 2. The summed E-state index contributed by atoms with van der Waals surface area (Å²) in [5.41, 5.74) is 3.54. The Morgan fingerprint density at radius 2 is 1.96 bits per heavy atom. The molecule has 5 heteroatoms. The van der Waals surface area contributed by atoms with Gasteiger partial charge in [-0.3, -0.25) is 9.78 Å². The van der Waals surface area contributed by atoms with E-state index in [0.717, 1.165) is 39.8 Å². The molecule has 0 spiro atoms. The number of aromatic nitrogens is 2. The maximum Gasteiger partial charge on any atom is 0.277 e. The maximum absolute atomic E-state index is 13.2. The number of carbonyl (C=O) groups is 1. The van der Waals surface area contributed by atoms with Crippen molar-refractivity contribution in [3.63, 3.8) is 0 Å². The molecule has 0 N–H and O–H groups in total. The molecule has 1 amide bonds. The number of nitrogens with zero attached hydrogens (tertiary/aromatic N) is 3. The van der Waals surface area contributed by atoms with Gasteiger partial charge in [-0.25, -0.2) is 0 Å². The lowest BCUT2D eigenvalue weighted by Crippen LogP contribution is -2.29. The van der Waals surface area contributed by atoms with Crippen LogP contribution in [-0.2, 0) is 6.42 Å². The largest absolute Gasteiger partial charge is 0.356 e. The van der Waals surface area contributed by atoms with E-state index in [4.69, 9.17) is 4.52 Å². The second-order valence-corrected chi connectivity index (χ2v) is 6.31. The molecule has 4 aromatic rings. The Bertz CT molecular complexity index is 1110. The molecule has 1 aliphatic rings. The molecule has 0 radical (unpaired) electrons. The van der Waals surface area contributed by atoms with Crippen LogP contribution in [0.1, 0.15) is 16.1 Å². The van der Waals surface area contributed by atoms with Gasteiger partial charge in [-0.05, 0) is 41.6 Å². The summed E-state index contributed by atoms with van der Waals surface area (Å²) in [6.45, 7) is 0.652. The Hall–Kier alpha value is -3.47. The van der Waals surface area contributed by atoms with Gasteiger partial charge in [0.25, 0.3) is 5.91 Å². The molecular weight excluding hydrogens is 326 g/mol. The zero-order valence-electron chi connectivity index (χ0n) is 13.9. The lowest BCUT2D eigenvalue weighted by Gasteiger charge is -2.18. The first kappa shape index (κ1) is 14.8. The summed E-state index contributed by atoms with van der Waals surface area (Å²) in [6.07, 6.45) is 4.14. The number of hydrogen-bond donors (Lipinski definition) is 0. The summed E-state index contributed by atoms with van der Waals surface area (Å²) in [5, 5.41) is 5.66. The normalized spacial score (nSPS) is 13.2. The van der Waals surface area contributed by atoms with Crippen molar-refractivity contribution >= 4 is 22.4 Å². The highest BCUT2D eigenvalue weighted by Gasteiger charge is 2.27. The molecule has 0 atom stereocenters. The summed E-state index contributed by atoms with van der Waals surface area (Å²) in [6, 6.07) is 17.6. The zero-order chi connectivity index (χ0) is 17.5. The van der Waals surface area contributed by atoms with E-state index in [0.29, 0.717) is 12.2 Å². The molecular formula is C21H15N3O2. The second-order valence-electron chi connectivity index (χ2n) is 6.31. The minimum atomic E-state index is -0.0621. The number of rotatable bonds is 2. The molecule has 0 fully saturated rings. The van der Waals surface area contributed by atoms with Gasteiger partial charge in [0.05, 0.1) is 6.20 Å². The van der Waals surface area contributed by atoms with Gasteiger partial charge in [0.15, 0.2) is 5.76 Å². The van der Waals surface area contributed by atoms with Crippen molar-refractivity contribution in [2.24, 2.45) is 0 Å². The first-order chi connectivity index (χ1) is 12.8. The zero-order valence-corrected chi connectivity index (χ0v) is 13.9. The van der Waals surface area contributed by atoms with E-state index in [1.807, 2.05) is 53.4 Å².